The second-order valence-corrected chi connectivity index (χ2v) is 7.12. The SMILES string of the molecule is Cc1nc(CC2(CN)CCCC(C)C2)sc1C. The Bertz CT molecular complexity index is 366. The fraction of sp³-hybridized carbons (Fsp3) is 0.786. The van der Waals surface area contributed by atoms with Crippen LogP contribution in [0.15, 0.2) is 0 Å². The largest absolute Gasteiger partial charge is 0.330 e. The average Bonchev–Trinajstić information content (AvgIpc) is 2.57. The summed E-state index contributed by atoms with van der Waals surface area (Å²) < 4.78 is 0. The van der Waals surface area contributed by atoms with E-state index in [0.29, 0.717) is 5.41 Å². The highest BCUT2D eigenvalue weighted by molar-refractivity contribution is 7.11. The third-order valence-electron chi connectivity index (χ3n) is 4.22. The summed E-state index contributed by atoms with van der Waals surface area (Å²) in [6, 6.07) is 0. The fourth-order valence-corrected chi connectivity index (χ4v) is 4.23. The van der Waals surface area contributed by atoms with Gasteiger partial charge in [0.1, 0.15) is 0 Å². The van der Waals surface area contributed by atoms with Crippen molar-refractivity contribution in [3.63, 3.8) is 0 Å². The minimum absolute atomic E-state index is 0.328. The predicted molar refractivity (Wildman–Crippen MR) is 74.4 cm³/mol. The van der Waals surface area contributed by atoms with Gasteiger partial charge in [0.25, 0.3) is 0 Å². The first-order valence-corrected chi connectivity index (χ1v) is 7.49. The molecule has 1 aliphatic carbocycles. The number of rotatable bonds is 3. The van der Waals surface area contributed by atoms with Crippen molar-refractivity contribution in [1.82, 2.24) is 4.98 Å². The number of hydrogen-bond acceptors (Lipinski definition) is 3. The van der Waals surface area contributed by atoms with Crippen LogP contribution >= 0.6 is 11.3 Å². The average molecular weight is 252 g/mol. The van der Waals surface area contributed by atoms with Crippen LogP contribution in [0.3, 0.4) is 0 Å². The molecule has 1 heterocycles. The van der Waals surface area contributed by atoms with Gasteiger partial charge in [-0.15, -0.1) is 11.3 Å². The molecule has 1 aromatic heterocycles. The summed E-state index contributed by atoms with van der Waals surface area (Å²) in [6.45, 7) is 7.44. The minimum Gasteiger partial charge on any atom is -0.330 e. The first kappa shape index (κ1) is 13.0. The van der Waals surface area contributed by atoms with Crippen molar-refractivity contribution >= 4 is 11.3 Å². The molecule has 1 saturated carbocycles. The van der Waals surface area contributed by atoms with Gasteiger partial charge >= 0.3 is 0 Å². The summed E-state index contributed by atoms with van der Waals surface area (Å²) in [5.41, 5.74) is 7.59. The van der Waals surface area contributed by atoms with Gasteiger partial charge in [-0.25, -0.2) is 4.98 Å². The maximum absolute atomic E-state index is 6.07. The molecule has 1 fully saturated rings. The van der Waals surface area contributed by atoms with Gasteiger partial charge in [-0.05, 0) is 44.6 Å². The third kappa shape index (κ3) is 2.89. The molecule has 0 bridgehead atoms. The predicted octanol–water partition coefficient (Wildman–Crippen LogP) is 3.46. The van der Waals surface area contributed by atoms with Crippen molar-refractivity contribution in [3.05, 3.63) is 15.6 Å². The lowest BCUT2D eigenvalue weighted by Gasteiger charge is -2.38. The fourth-order valence-electron chi connectivity index (χ4n) is 3.12. The van der Waals surface area contributed by atoms with Crippen molar-refractivity contribution in [3.8, 4) is 0 Å². The second-order valence-electron chi connectivity index (χ2n) is 5.83. The van der Waals surface area contributed by atoms with Gasteiger partial charge in [-0.2, -0.15) is 0 Å². The minimum atomic E-state index is 0.328. The number of aromatic nitrogens is 1. The maximum atomic E-state index is 6.07. The Morgan fingerprint density at radius 3 is 2.76 bits per heavy atom. The zero-order valence-corrected chi connectivity index (χ0v) is 12.1. The molecule has 0 radical (unpaired) electrons. The molecule has 1 aromatic rings. The highest BCUT2D eigenvalue weighted by Crippen LogP contribution is 2.41. The maximum Gasteiger partial charge on any atom is 0.0936 e. The Hall–Kier alpha value is -0.410. The summed E-state index contributed by atoms with van der Waals surface area (Å²) in [5, 5.41) is 1.29. The van der Waals surface area contributed by atoms with Crippen LogP contribution in [0.5, 0.6) is 0 Å². The van der Waals surface area contributed by atoms with Crippen LogP contribution in [-0.4, -0.2) is 11.5 Å². The lowest BCUT2D eigenvalue weighted by molar-refractivity contribution is 0.153. The van der Waals surface area contributed by atoms with Crippen molar-refractivity contribution in [2.24, 2.45) is 17.1 Å². The molecular formula is C14H24N2S. The summed E-state index contributed by atoms with van der Waals surface area (Å²) in [7, 11) is 0. The van der Waals surface area contributed by atoms with E-state index in [1.165, 1.54) is 41.3 Å². The molecule has 2 atom stereocenters. The Balaban J connectivity index is 2.13. The molecular weight excluding hydrogens is 228 g/mol. The monoisotopic (exact) mass is 252 g/mol. The molecule has 2 N–H and O–H groups in total. The van der Waals surface area contributed by atoms with Gasteiger partial charge in [-0.3, -0.25) is 0 Å². The summed E-state index contributed by atoms with van der Waals surface area (Å²) in [6.07, 6.45) is 6.36. The summed E-state index contributed by atoms with van der Waals surface area (Å²) >= 11 is 1.86. The number of nitrogens with zero attached hydrogens (tertiary/aromatic N) is 1. The second kappa shape index (κ2) is 5.07. The molecule has 0 saturated heterocycles. The molecule has 2 nitrogen and oxygen atoms in total. The van der Waals surface area contributed by atoms with E-state index in [1.54, 1.807) is 0 Å². The number of thiazole rings is 1. The van der Waals surface area contributed by atoms with Crippen LogP contribution in [0.1, 0.15) is 48.2 Å². The molecule has 96 valence electrons. The normalized spacial score (nSPS) is 29.5. The smallest absolute Gasteiger partial charge is 0.0936 e. The van der Waals surface area contributed by atoms with Crippen molar-refractivity contribution in [1.29, 1.82) is 0 Å². The molecule has 0 aromatic carbocycles. The van der Waals surface area contributed by atoms with Gasteiger partial charge in [0, 0.05) is 11.3 Å². The summed E-state index contributed by atoms with van der Waals surface area (Å²) in [5.74, 6) is 0.828. The van der Waals surface area contributed by atoms with Crippen molar-refractivity contribution in [2.45, 2.75) is 52.9 Å². The molecule has 2 rings (SSSR count). The first-order chi connectivity index (χ1) is 8.04. The van der Waals surface area contributed by atoms with Gasteiger partial charge in [0.05, 0.1) is 10.7 Å². The van der Waals surface area contributed by atoms with Crippen LogP contribution < -0.4 is 5.73 Å². The van der Waals surface area contributed by atoms with E-state index in [2.05, 4.69) is 25.8 Å². The van der Waals surface area contributed by atoms with E-state index < -0.39 is 0 Å². The van der Waals surface area contributed by atoms with Gasteiger partial charge in [-0.1, -0.05) is 19.8 Å². The van der Waals surface area contributed by atoms with Crippen LogP contribution in [-0.2, 0) is 6.42 Å². The van der Waals surface area contributed by atoms with Crippen molar-refractivity contribution in [2.75, 3.05) is 6.54 Å². The summed E-state index contributed by atoms with van der Waals surface area (Å²) in [4.78, 5) is 6.04. The standard InChI is InChI=1S/C14H24N2S/c1-10-5-4-6-14(7-10,9-15)8-13-16-11(2)12(3)17-13/h10H,4-9,15H2,1-3H3. The van der Waals surface area contributed by atoms with E-state index in [9.17, 15) is 0 Å². The lowest BCUT2D eigenvalue weighted by atomic mass is 9.68. The van der Waals surface area contributed by atoms with Crippen LogP contribution in [0.2, 0.25) is 0 Å². The Kier molecular flexibility index (Phi) is 3.88. The Morgan fingerprint density at radius 2 is 2.24 bits per heavy atom. The highest BCUT2D eigenvalue weighted by Gasteiger charge is 2.34. The topological polar surface area (TPSA) is 38.9 Å². The van der Waals surface area contributed by atoms with Crippen molar-refractivity contribution < 1.29 is 0 Å². The molecule has 17 heavy (non-hydrogen) atoms. The lowest BCUT2D eigenvalue weighted by Crippen LogP contribution is -2.37. The Labute approximate surface area is 109 Å². The zero-order chi connectivity index (χ0) is 12.5. The Morgan fingerprint density at radius 1 is 1.47 bits per heavy atom. The van der Waals surface area contributed by atoms with Gasteiger partial charge in [0.2, 0.25) is 0 Å². The molecule has 0 amide bonds. The quantitative estimate of drug-likeness (QED) is 0.894. The first-order valence-electron chi connectivity index (χ1n) is 6.68. The van der Waals surface area contributed by atoms with E-state index in [4.69, 9.17) is 5.73 Å². The number of aryl methyl sites for hydroxylation is 2. The number of nitrogens with two attached hydrogens (primary N) is 1. The third-order valence-corrected chi connectivity index (χ3v) is 5.29. The van der Waals surface area contributed by atoms with Crippen LogP contribution in [0.4, 0.5) is 0 Å². The van der Waals surface area contributed by atoms with Crippen LogP contribution in [0.25, 0.3) is 0 Å². The molecule has 3 heteroatoms. The van der Waals surface area contributed by atoms with E-state index >= 15 is 0 Å². The van der Waals surface area contributed by atoms with Gasteiger partial charge < -0.3 is 5.73 Å². The van der Waals surface area contributed by atoms with E-state index in [1.807, 2.05) is 11.3 Å². The van der Waals surface area contributed by atoms with Crippen LogP contribution in [0, 0.1) is 25.2 Å². The number of hydrogen-bond donors (Lipinski definition) is 1. The molecule has 1 aliphatic rings. The molecule has 0 aliphatic heterocycles. The zero-order valence-electron chi connectivity index (χ0n) is 11.3. The molecule has 0 spiro atoms. The molecule has 2 unspecified atom stereocenters. The van der Waals surface area contributed by atoms with E-state index in [0.717, 1.165) is 18.9 Å². The van der Waals surface area contributed by atoms with E-state index in [-0.39, 0.29) is 0 Å². The highest BCUT2D eigenvalue weighted by atomic mass is 32.1. The van der Waals surface area contributed by atoms with Gasteiger partial charge in [0.15, 0.2) is 0 Å².